The minimum Gasteiger partial charge on any atom is -0.497 e. The average molecular weight is 344 g/mol. The molecule has 1 amide bonds. The van der Waals surface area contributed by atoms with Crippen molar-refractivity contribution in [2.24, 2.45) is 0 Å². The number of halogens is 1. The summed E-state index contributed by atoms with van der Waals surface area (Å²) in [6.45, 7) is 0.399. The zero-order valence-electron chi connectivity index (χ0n) is 13.3. The maximum Gasteiger partial charge on any atom is 0.220 e. The van der Waals surface area contributed by atoms with Gasteiger partial charge in [-0.05, 0) is 36.2 Å². The molecule has 24 heavy (non-hydrogen) atoms. The number of amides is 1. The SMILES string of the molecule is COc1cccc(CCC(=O)NCc2cn3cc(Cl)ccc3n2)c1. The van der Waals surface area contributed by atoms with Gasteiger partial charge in [0.15, 0.2) is 0 Å². The Kier molecular flexibility index (Phi) is 5.01. The number of benzene rings is 1. The van der Waals surface area contributed by atoms with Crippen molar-refractivity contribution in [1.29, 1.82) is 0 Å². The fourth-order valence-electron chi connectivity index (χ4n) is 2.47. The van der Waals surface area contributed by atoms with Crippen LogP contribution in [0.1, 0.15) is 17.7 Å². The van der Waals surface area contributed by atoms with Gasteiger partial charge >= 0.3 is 0 Å². The highest BCUT2D eigenvalue weighted by molar-refractivity contribution is 6.30. The number of hydrogen-bond donors (Lipinski definition) is 1. The first-order valence-electron chi connectivity index (χ1n) is 7.67. The number of fused-ring (bicyclic) bond motifs is 1. The van der Waals surface area contributed by atoms with Gasteiger partial charge in [0.2, 0.25) is 5.91 Å². The van der Waals surface area contributed by atoms with Gasteiger partial charge in [-0.25, -0.2) is 4.98 Å². The summed E-state index contributed by atoms with van der Waals surface area (Å²) in [7, 11) is 1.63. The van der Waals surface area contributed by atoms with E-state index in [1.54, 1.807) is 19.4 Å². The number of methoxy groups -OCH3 is 1. The summed E-state index contributed by atoms with van der Waals surface area (Å²) in [5.41, 5.74) is 2.68. The fraction of sp³-hybridized carbons (Fsp3) is 0.222. The zero-order valence-corrected chi connectivity index (χ0v) is 14.1. The van der Waals surface area contributed by atoms with Crippen LogP contribution in [0.15, 0.2) is 48.8 Å². The highest BCUT2D eigenvalue weighted by Crippen LogP contribution is 2.14. The molecule has 5 nitrogen and oxygen atoms in total. The second-order valence-corrected chi connectivity index (χ2v) is 5.91. The minimum atomic E-state index is -0.00657. The number of pyridine rings is 1. The van der Waals surface area contributed by atoms with E-state index in [0.29, 0.717) is 24.4 Å². The van der Waals surface area contributed by atoms with Gasteiger partial charge in [0.1, 0.15) is 11.4 Å². The van der Waals surface area contributed by atoms with Crippen molar-refractivity contribution in [3.8, 4) is 5.75 Å². The van der Waals surface area contributed by atoms with Crippen LogP contribution >= 0.6 is 11.6 Å². The molecule has 3 rings (SSSR count). The van der Waals surface area contributed by atoms with Crippen LogP contribution in [0.25, 0.3) is 5.65 Å². The van der Waals surface area contributed by atoms with Gasteiger partial charge in [-0.1, -0.05) is 23.7 Å². The van der Waals surface area contributed by atoms with Gasteiger partial charge < -0.3 is 14.5 Å². The van der Waals surface area contributed by atoms with Gasteiger partial charge in [-0.3, -0.25) is 4.79 Å². The Morgan fingerprint density at radius 1 is 1.29 bits per heavy atom. The van der Waals surface area contributed by atoms with Crippen molar-refractivity contribution >= 4 is 23.2 Å². The Morgan fingerprint density at radius 2 is 2.17 bits per heavy atom. The Hall–Kier alpha value is -2.53. The van der Waals surface area contributed by atoms with E-state index in [4.69, 9.17) is 16.3 Å². The molecule has 0 fully saturated rings. The summed E-state index contributed by atoms with van der Waals surface area (Å²) in [5, 5.41) is 3.54. The Morgan fingerprint density at radius 3 is 3.00 bits per heavy atom. The molecule has 0 saturated heterocycles. The fourth-order valence-corrected chi connectivity index (χ4v) is 2.63. The van der Waals surface area contributed by atoms with E-state index in [1.165, 1.54) is 0 Å². The predicted molar refractivity (Wildman–Crippen MR) is 93.4 cm³/mol. The quantitative estimate of drug-likeness (QED) is 0.747. The monoisotopic (exact) mass is 343 g/mol. The third-order valence-electron chi connectivity index (χ3n) is 3.71. The van der Waals surface area contributed by atoms with Crippen molar-refractivity contribution in [3.05, 3.63) is 65.1 Å². The molecule has 124 valence electrons. The summed E-state index contributed by atoms with van der Waals surface area (Å²) in [6, 6.07) is 11.4. The molecule has 0 saturated carbocycles. The maximum atomic E-state index is 12.0. The van der Waals surface area contributed by atoms with E-state index in [9.17, 15) is 4.79 Å². The van der Waals surface area contributed by atoms with Crippen molar-refractivity contribution in [3.63, 3.8) is 0 Å². The van der Waals surface area contributed by atoms with Crippen molar-refractivity contribution in [2.45, 2.75) is 19.4 Å². The predicted octanol–water partition coefficient (Wildman–Crippen LogP) is 3.25. The number of rotatable bonds is 6. The molecule has 1 N–H and O–H groups in total. The van der Waals surface area contributed by atoms with Gasteiger partial charge in [-0.2, -0.15) is 0 Å². The van der Waals surface area contributed by atoms with E-state index < -0.39 is 0 Å². The first kappa shape index (κ1) is 16.3. The lowest BCUT2D eigenvalue weighted by atomic mass is 10.1. The number of nitrogens with one attached hydrogen (secondary N) is 1. The summed E-state index contributed by atoms with van der Waals surface area (Å²) in [5.74, 6) is 0.796. The molecule has 0 spiro atoms. The number of carbonyl (C=O) groups excluding carboxylic acids is 1. The third-order valence-corrected chi connectivity index (χ3v) is 3.93. The maximum absolute atomic E-state index is 12.0. The number of carbonyl (C=O) groups is 1. The van der Waals surface area contributed by atoms with Crippen LogP contribution in [0.5, 0.6) is 5.75 Å². The minimum absolute atomic E-state index is 0.00657. The lowest BCUT2D eigenvalue weighted by Gasteiger charge is -2.05. The number of nitrogens with zero attached hydrogens (tertiary/aromatic N) is 2. The topological polar surface area (TPSA) is 55.6 Å². The molecule has 6 heteroatoms. The normalized spacial score (nSPS) is 10.8. The van der Waals surface area contributed by atoms with E-state index in [2.05, 4.69) is 10.3 Å². The van der Waals surface area contributed by atoms with Gasteiger partial charge in [0.25, 0.3) is 0 Å². The largest absolute Gasteiger partial charge is 0.497 e. The molecule has 0 aliphatic carbocycles. The number of aromatic nitrogens is 2. The molecular formula is C18H18ClN3O2. The first-order chi connectivity index (χ1) is 11.6. The van der Waals surface area contributed by atoms with Crippen LogP contribution in [0.3, 0.4) is 0 Å². The molecule has 0 aliphatic rings. The van der Waals surface area contributed by atoms with Crippen molar-refractivity contribution in [2.75, 3.05) is 7.11 Å². The van der Waals surface area contributed by atoms with E-state index in [0.717, 1.165) is 22.7 Å². The summed E-state index contributed by atoms with van der Waals surface area (Å²) < 4.78 is 7.03. The Balaban J connectivity index is 1.52. The zero-order chi connectivity index (χ0) is 16.9. The molecular weight excluding hydrogens is 326 g/mol. The molecule has 2 aromatic heterocycles. The second-order valence-electron chi connectivity index (χ2n) is 5.47. The molecule has 0 bridgehead atoms. The molecule has 1 aromatic carbocycles. The van der Waals surface area contributed by atoms with Crippen LogP contribution in [0.2, 0.25) is 5.02 Å². The lowest BCUT2D eigenvalue weighted by Crippen LogP contribution is -2.23. The first-order valence-corrected chi connectivity index (χ1v) is 8.04. The number of hydrogen-bond acceptors (Lipinski definition) is 3. The number of imidazole rings is 1. The van der Waals surface area contributed by atoms with E-state index in [1.807, 2.05) is 40.9 Å². The molecule has 0 radical (unpaired) electrons. The Bertz CT molecular complexity index is 860. The van der Waals surface area contributed by atoms with E-state index in [-0.39, 0.29) is 5.91 Å². The summed E-state index contributed by atoms with van der Waals surface area (Å²) in [4.78, 5) is 16.5. The van der Waals surface area contributed by atoms with Crippen LogP contribution in [0.4, 0.5) is 0 Å². The average Bonchev–Trinajstić information content (AvgIpc) is 3.00. The number of aryl methyl sites for hydroxylation is 1. The Labute approximate surface area is 145 Å². The molecule has 2 heterocycles. The van der Waals surface area contributed by atoms with Gasteiger partial charge in [0.05, 0.1) is 24.4 Å². The van der Waals surface area contributed by atoms with Crippen LogP contribution in [-0.2, 0) is 17.8 Å². The highest BCUT2D eigenvalue weighted by Gasteiger charge is 2.06. The standard InChI is InChI=1S/C18H18ClN3O2/c1-24-16-4-2-3-13(9-16)5-8-18(23)20-10-15-12-22-11-14(19)6-7-17(22)21-15/h2-4,6-7,9,11-12H,5,8,10H2,1H3,(H,20,23). The summed E-state index contributed by atoms with van der Waals surface area (Å²) in [6.07, 6.45) is 4.75. The molecule has 3 aromatic rings. The van der Waals surface area contributed by atoms with Crippen LogP contribution in [0, 0.1) is 0 Å². The van der Waals surface area contributed by atoms with Crippen molar-refractivity contribution < 1.29 is 9.53 Å². The van der Waals surface area contributed by atoms with Crippen LogP contribution < -0.4 is 10.1 Å². The third kappa shape index (κ3) is 4.06. The number of ether oxygens (including phenoxy) is 1. The molecule has 0 atom stereocenters. The van der Waals surface area contributed by atoms with Gasteiger partial charge in [-0.15, -0.1) is 0 Å². The lowest BCUT2D eigenvalue weighted by molar-refractivity contribution is -0.121. The molecule has 0 unspecified atom stereocenters. The van der Waals surface area contributed by atoms with Crippen LogP contribution in [-0.4, -0.2) is 22.4 Å². The van der Waals surface area contributed by atoms with Crippen molar-refractivity contribution in [1.82, 2.24) is 14.7 Å². The van der Waals surface area contributed by atoms with E-state index >= 15 is 0 Å². The van der Waals surface area contributed by atoms with Gasteiger partial charge in [0, 0.05) is 18.8 Å². The highest BCUT2D eigenvalue weighted by atomic mass is 35.5. The smallest absolute Gasteiger partial charge is 0.220 e. The summed E-state index contributed by atoms with van der Waals surface area (Å²) >= 11 is 5.95. The molecule has 0 aliphatic heterocycles. The second kappa shape index (κ2) is 7.36.